The first-order chi connectivity index (χ1) is 8.08. The maximum Gasteiger partial charge on any atom is 0.488 e. The fourth-order valence-electron chi connectivity index (χ4n) is 1.92. The monoisotopic (exact) mass is 235 g/mol. The highest BCUT2D eigenvalue weighted by Crippen LogP contribution is 2.09. The average Bonchev–Trinajstić information content (AvgIpc) is 2.35. The molecule has 0 fully saturated rings. The lowest BCUT2D eigenvalue weighted by atomic mass is 9.79. The van der Waals surface area contributed by atoms with Gasteiger partial charge in [0.1, 0.15) is 0 Å². The largest absolute Gasteiger partial charge is 0.488 e. The lowest BCUT2D eigenvalue weighted by Gasteiger charge is -2.27. The van der Waals surface area contributed by atoms with Crippen LogP contribution in [0, 0.1) is 0 Å². The fourth-order valence-corrected chi connectivity index (χ4v) is 1.92. The Balaban J connectivity index is 2.76. The first-order valence-corrected chi connectivity index (χ1v) is 6.27. The van der Waals surface area contributed by atoms with Gasteiger partial charge in [-0.2, -0.15) is 0 Å². The Kier molecular flexibility index (Phi) is 5.68. The normalized spacial score (nSPS) is 12.8. The van der Waals surface area contributed by atoms with Crippen molar-refractivity contribution < 1.29 is 10.0 Å². The number of benzene rings is 1. The molecule has 0 spiro atoms. The van der Waals surface area contributed by atoms with Crippen LogP contribution in [0.25, 0.3) is 0 Å². The predicted molar refractivity (Wildman–Crippen MR) is 72.1 cm³/mol. The van der Waals surface area contributed by atoms with E-state index in [0.29, 0.717) is 11.5 Å². The maximum absolute atomic E-state index is 9.14. The molecule has 0 heterocycles. The van der Waals surface area contributed by atoms with Crippen LogP contribution in [0.1, 0.15) is 32.8 Å². The van der Waals surface area contributed by atoms with Gasteiger partial charge in [-0.3, -0.25) is 4.90 Å². The van der Waals surface area contributed by atoms with Crippen LogP contribution in [0.3, 0.4) is 0 Å². The molecule has 0 saturated carbocycles. The zero-order chi connectivity index (χ0) is 12.8. The summed E-state index contributed by atoms with van der Waals surface area (Å²) < 4.78 is 0. The van der Waals surface area contributed by atoms with Crippen LogP contribution >= 0.6 is 0 Å². The second kappa shape index (κ2) is 6.79. The van der Waals surface area contributed by atoms with E-state index in [4.69, 9.17) is 10.0 Å². The Morgan fingerprint density at radius 3 is 2.53 bits per heavy atom. The van der Waals surface area contributed by atoms with Crippen molar-refractivity contribution in [1.29, 1.82) is 0 Å². The highest BCUT2D eigenvalue weighted by atomic mass is 16.4. The van der Waals surface area contributed by atoms with Crippen LogP contribution in [0.5, 0.6) is 0 Å². The van der Waals surface area contributed by atoms with Crippen LogP contribution < -0.4 is 5.46 Å². The summed E-state index contributed by atoms with van der Waals surface area (Å²) >= 11 is 0. The van der Waals surface area contributed by atoms with Crippen molar-refractivity contribution in [2.24, 2.45) is 0 Å². The van der Waals surface area contributed by atoms with Gasteiger partial charge in [0.15, 0.2) is 0 Å². The van der Waals surface area contributed by atoms with E-state index in [1.807, 2.05) is 18.2 Å². The lowest BCUT2D eigenvalue weighted by Crippen LogP contribution is -2.33. The highest BCUT2D eigenvalue weighted by Gasteiger charge is 2.13. The molecule has 0 aliphatic rings. The fraction of sp³-hybridized carbons (Fsp3) is 0.538. The van der Waals surface area contributed by atoms with E-state index in [1.54, 1.807) is 6.07 Å². The van der Waals surface area contributed by atoms with Gasteiger partial charge in [-0.05, 0) is 30.9 Å². The van der Waals surface area contributed by atoms with Crippen molar-refractivity contribution in [2.45, 2.75) is 39.8 Å². The molecule has 17 heavy (non-hydrogen) atoms. The van der Waals surface area contributed by atoms with Crippen molar-refractivity contribution in [3.8, 4) is 0 Å². The third-order valence-corrected chi connectivity index (χ3v) is 3.26. The number of hydrogen-bond acceptors (Lipinski definition) is 3. The Labute approximate surface area is 104 Å². The first kappa shape index (κ1) is 14.2. The van der Waals surface area contributed by atoms with Gasteiger partial charge in [0.05, 0.1) is 0 Å². The summed E-state index contributed by atoms with van der Waals surface area (Å²) in [7, 11) is -1.38. The maximum atomic E-state index is 9.14. The van der Waals surface area contributed by atoms with Crippen LogP contribution in [0.15, 0.2) is 24.3 Å². The Morgan fingerprint density at radius 1 is 1.29 bits per heavy atom. The Morgan fingerprint density at radius 2 is 2.00 bits per heavy atom. The molecule has 0 aliphatic heterocycles. The van der Waals surface area contributed by atoms with Gasteiger partial charge in [0.2, 0.25) is 0 Å². The molecule has 1 unspecified atom stereocenters. The summed E-state index contributed by atoms with van der Waals surface area (Å²) in [5, 5.41) is 18.3. The van der Waals surface area contributed by atoms with E-state index in [-0.39, 0.29) is 0 Å². The van der Waals surface area contributed by atoms with Crippen LogP contribution in [-0.4, -0.2) is 34.7 Å². The van der Waals surface area contributed by atoms with E-state index < -0.39 is 7.12 Å². The first-order valence-electron chi connectivity index (χ1n) is 6.27. The molecule has 94 valence electrons. The molecule has 0 aliphatic carbocycles. The predicted octanol–water partition coefficient (Wildman–Crippen LogP) is 0.987. The SMILES string of the molecule is CCC(C)N(CC)Cc1cccc(B(O)O)c1. The van der Waals surface area contributed by atoms with Gasteiger partial charge in [-0.15, -0.1) is 0 Å². The van der Waals surface area contributed by atoms with Crippen molar-refractivity contribution in [3.63, 3.8) is 0 Å². The molecular formula is C13H22BNO2. The van der Waals surface area contributed by atoms with E-state index in [1.165, 1.54) is 0 Å². The van der Waals surface area contributed by atoms with E-state index in [9.17, 15) is 0 Å². The van der Waals surface area contributed by atoms with E-state index in [2.05, 4.69) is 25.7 Å². The molecule has 1 aromatic carbocycles. The minimum Gasteiger partial charge on any atom is -0.423 e. The zero-order valence-electron chi connectivity index (χ0n) is 10.9. The van der Waals surface area contributed by atoms with Crippen LogP contribution in [0.4, 0.5) is 0 Å². The van der Waals surface area contributed by atoms with Crippen molar-refractivity contribution in [2.75, 3.05) is 6.54 Å². The smallest absolute Gasteiger partial charge is 0.423 e. The molecule has 0 amide bonds. The molecule has 0 saturated heterocycles. The summed E-state index contributed by atoms with van der Waals surface area (Å²) in [6.45, 7) is 8.40. The summed E-state index contributed by atoms with van der Waals surface area (Å²) in [5.74, 6) is 0. The molecule has 0 aromatic heterocycles. The summed E-state index contributed by atoms with van der Waals surface area (Å²) in [4.78, 5) is 2.38. The van der Waals surface area contributed by atoms with E-state index >= 15 is 0 Å². The van der Waals surface area contributed by atoms with E-state index in [0.717, 1.165) is 25.1 Å². The molecule has 1 rings (SSSR count). The van der Waals surface area contributed by atoms with Gasteiger partial charge in [0.25, 0.3) is 0 Å². The third kappa shape index (κ3) is 4.15. The minimum atomic E-state index is -1.38. The molecule has 3 nitrogen and oxygen atoms in total. The highest BCUT2D eigenvalue weighted by molar-refractivity contribution is 6.58. The minimum absolute atomic E-state index is 0.544. The molecule has 2 N–H and O–H groups in total. The molecule has 0 bridgehead atoms. The van der Waals surface area contributed by atoms with Crippen molar-refractivity contribution >= 4 is 12.6 Å². The summed E-state index contributed by atoms with van der Waals surface area (Å²) in [5.41, 5.74) is 1.68. The molecule has 1 aromatic rings. The summed E-state index contributed by atoms with van der Waals surface area (Å²) in [6.07, 6.45) is 1.12. The topological polar surface area (TPSA) is 43.7 Å². The number of rotatable bonds is 6. The number of nitrogens with zero attached hydrogens (tertiary/aromatic N) is 1. The van der Waals surface area contributed by atoms with Gasteiger partial charge < -0.3 is 10.0 Å². The van der Waals surface area contributed by atoms with Crippen LogP contribution in [0.2, 0.25) is 0 Å². The summed E-state index contributed by atoms with van der Waals surface area (Å²) in [6, 6.07) is 8.03. The number of hydrogen-bond donors (Lipinski definition) is 2. The second-order valence-electron chi connectivity index (χ2n) is 4.44. The quantitative estimate of drug-likeness (QED) is 0.722. The zero-order valence-corrected chi connectivity index (χ0v) is 10.9. The molecule has 1 atom stereocenters. The molecule has 0 radical (unpaired) electrons. The average molecular weight is 235 g/mol. The molecule has 4 heteroatoms. The third-order valence-electron chi connectivity index (χ3n) is 3.26. The standard InChI is InChI=1S/C13H22BNO2/c1-4-11(3)15(5-2)10-12-7-6-8-13(9-12)14(16)17/h6-9,11,16-17H,4-5,10H2,1-3H3. The van der Waals surface area contributed by atoms with Gasteiger partial charge in [-0.1, -0.05) is 38.1 Å². The van der Waals surface area contributed by atoms with Crippen LogP contribution in [-0.2, 0) is 6.54 Å². The van der Waals surface area contributed by atoms with Gasteiger partial charge in [0, 0.05) is 12.6 Å². The van der Waals surface area contributed by atoms with Crippen molar-refractivity contribution in [3.05, 3.63) is 29.8 Å². The Hall–Kier alpha value is -0.835. The lowest BCUT2D eigenvalue weighted by molar-refractivity contribution is 0.206. The molecular weight excluding hydrogens is 213 g/mol. The second-order valence-corrected chi connectivity index (χ2v) is 4.44. The van der Waals surface area contributed by atoms with Gasteiger partial charge >= 0.3 is 7.12 Å². The van der Waals surface area contributed by atoms with Gasteiger partial charge in [-0.25, -0.2) is 0 Å². The van der Waals surface area contributed by atoms with Crippen molar-refractivity contribution in [1.82, 2.24) is 4.90 Å². The Bertz CT molecular complexity index is 344.